The summed E-state index contributed by atoms with van der Waals surface area (Å²) in [5.41, 5.74) is 0.236. The highest BCUT2D eigenvalue weighted by Gasteiger charge is 2.34. The number of hydrogen-bond acceptors (Lipinski definition) is 2. The molecule has 0 radical (unpaired) electrons. The maximum Gasteiger partial charge on any atom is 0.418 e. The zero-order valence-corrected chi connectivity index (χ0v) is 10.6. The van der Waals surface area contributed by atoms with Crippen LogP contribution in [0.3, 0.4) is 0 Å². The van der Waals surface area contributed by atoms with Gasteiger partial charge in [-0.2, -0.15) is 13.2 Å². The number of carbonyl (C=O) groups excluding carboxylic acids is 1. The van der Waals surface area contributed by atoms with Gasteiger partial charge >= 0.3 is 6.18 Å². The molecule has 0 aliphatic carbocycles. The Bertz CT molecular complexity index is 821. The van der Waals surface area contributed by atoms with Crippen LogP contribution in [-0.4, -0.2) is 15.8 Å². The van der Waals surface area contributed by atoms with Crippen molar-refractivity contribution < 1.29 is 18.0 Å². The van der Waals surface area contributed by atoms with Crippen LogP contribution in [0.4, 0.5) is 13.2 Å². The van der Waals surface area contributed by atoms with Crippen molar-refractivity contribution in [2.24, 2.45) is 0 Å². The number of benzene rings is 2. The number of aldehydes is 1. The van der Waals surface area contributed by atoms with Gasteiger partial charge < -0.3 is 0 Å². The van der Waals surface area contributed by atoms with E-state index in [1.807, 2.05) is 0 Å². The molecule has 0 aliphatic heterocycles. The lowest BCUT2D eigenvalue weighted by atomic mass is 10.1. The van der Waals surface area contributed by atoms with Crippen molar-refractivity contribution in [2.45, 2.75) is 6.18 Å². The molecule has 0 N–H and O–H groups in total. The first-order chi connectivity index (χ1) is 10.0. The average molecular weight is 290 g/mol. The fraction of sp³-hybridized carbons (Fsp3) is 0.0667. The lowest BCUT2D eigenvalue weighted by Gasteiger charge is -2.14. The van der Waals surface area contributed by atoms with Gasteiger partial charge in [0.2, 0.25) is 0 Å². The first kappa shape index (κ1) is 13.4. The molecule has 0 atom stereocenters. The number of alkyl halides is 3. The van der Waals surface area contributed by atoms with E-state index in [1.54, 1.807) is 24.3 Å². The van der Waals surface area contributed by atoms with Crippen LogP contribution >= 0.6 is 0 Å². The van der Waals surface area contributed by atoms with E-state index in [4.69, 9.17) is 0 Å². The Balaban J connectivity index is 2.29. The Morgan fingerprint density at radius 2 is 1.86 bits per heavy atom. The second-order valence-corrected chi connectivity index (χ2v) is 4.50. The van der Waals surface area contributed by atoms with Gasteiger partial charge in [0, 0.05) is 5.56 Å². The largest absolute Gasteiger partial charge is 0.418 e. The number of para-hydroxylation sites is 2. The van der Waals surface area contributed by atoms with E-state index in [0.29, 0.717) is 17.3 Å². The molecule has 0 fully saturated rings. The maximum absolute atomic E-state index is 13.2. The third-order valence-corrected chi connectivity index (χ3v) is 3.18. The summed E-state index contributed by atoms with van der Waals surface area (Å²) in [7, 11) is 0. The summed E-state index contributed by atoms with van der Waals surface area (Å²) in [5, 5.41) is 0. The van der Waals surface area contributed by atoms with Crippen LogP contribution in [-0.2, 0) is 6.18 Å². The molecule has 21 heavy (non-hydrogen) atoms. The van der Waals surface area contributed by atoms with E-state index in [-0.39, 0.29) is 11.3 Å². The first-order valence-corrected chi connectivity index (χ1v) is 6.09. The predicted octanol–water partition coefficient (Wildman–Crippen LogP) is 3.86. The molecule has 0 bridgehead atoms. The third-order valence-electron chi connectivity index (χ3n) is 3.18. The molecule has 0 unspecified atom stereocenters. The molecule has 0 amide bonds. The topological polar surface area (TPSA) is 34.9 Å². The van der Waals surface area contributed by atoms with Crippen LogP contribution in [0.1, 0.15) is 15.9 Å². The Kier molecular flexibility index (Phi) is 3.01. The number of nitrogens with zero attached hydrogens (tertiary/aromatic N) is 2. The summed E-state index contributed by atoms with van der Waals surface area (Å²) in [4.78, 5) is 14.8. The van der Waals surface area contributed by atoms with Gasteiger partial charge in [-0.25, -0.2) is 4.98 Å². The van der Waals surface area contributed by atoms with Crippen LogP contribution in [0.15, 0.2) is 48.8 Å². The van der Waals surface area contributed by atoms with Crippen molar-refractivity contribution in [3.05, 3.63) is 59.9 Å². The van der Waals surface area contributed by atoms with Crippen molar-refractivity contribution in [2.75, 3.05) is 0 Å². The number of halogens is 3. The first-order valence-electron chi connectivity index (χ1n) is 6.09. The zero-order valence-electron chi connectivity index (χ0n) is 10.6. The summed E-state index contributed by atoms with van der Waals surface area (Å²) in [6, 6.07) is 10.4. The smallest absolute Gasteiger partial charge is 0.298 e. The Morgan fingerprint density at radius 3 is 2.57 bits per heavy atom. The van der Waals surface area contributed by atoms with Crippen LogP contribution < -0.4 is 0 Å². The highest BCUT2D eigenvalue weighted by molar-refractivity contribution is 5.79. The minimum atomic E-state index is -4.56. The van der Waals surface area contributed by atoms with E-state index < -0.39 is 11.7 Å². The predicted molar refractivity (Wildman–Crippen MR) is 71.5 cm³/mol. The van der Waals surface area contributed by atoms with E-state index in [0.717, 1.165) is 6.07 Å². The van der Waals surface area contributed by atoms with Crippen molar-refractivity contribution in [3.63, 3.8) is 0 Å². The summed E-state index contributed by atoms with van der Waals surface area (Å²) < 4.78 is 41.0. The molecule has 3 rings (SSSR count). The lowest BCUT2D eigenvalue weighted by molar-refractivity contribution is -0.137. The molecule has 2 aromatic carbocycles. The standard InChI is InChI=1S/C15H9F3N2O/c16-15(17,18)11-7-10(8-21)5-6-13(11)20-9-19-12-3-1-2-4-14(12)20/h1-9H. The molecule has 0 spiro atoms. The maximum atomic E-state index is 13.2. The van der Waals surface area contributed by atoms with E-state index >= 15 is 0 Å². The highest BCUT2D eigenvalue weighted by Crippen LogP contribution is 2.35. The van der Waals surface area contributed by atoms with Gasteiger partial charge in [-0.05, 0) is 30.3 Å². The molecule has 1 aromatic heterocycles. The van der Waals surface area contributed by atoms with E-state index in [9.17, 15) is 18.0 Å². The second-order valence-electron chi connectivity index (χ2n) is 4.50. The molecule has 1 heterocycles. The monoisotopic (exact) mass is 290 g/mol. The molecule has 106 valence electrons. The highest BCUT2D eigenvalue weighted by atomic mass is 19.4. The van der Waals surface area contributed by atoms with Gasteiger partial charge in [-0.3, -0.25) is 9.36 Å². The summed E-state index contributed by atoms with van der Waals surface area (Å²) in [6.45, 7) is 0. The molecule has 0 saturated heterocycles. The van der Waals surface area contributed by atoms with Gasteiger partial charge in [0.15, 0.2) is 0 Å². The molecule has 0 aliphatic rings. The van der Waals surface area contributed by atoms with Gasteiger partial charge in [-0.15, -0.1) is 0 Å². The fourth-order valence-corrected chi connectivity index (χ4v) is 2.22. The van der Waals surface area contributed by atoms with Crippen molar-refractivity contribution >= 4 is 17.3 Å². The SMILES string of the molecule is O=Cc1ccc(-n2cnc3ccccc32)c(C(F)(F)F)c1. The number of hydrogen-bond donors (Lipinski definition) is 0. The fourth-order valence-electron chi connectivity index (χ4n) is 2.22. The molecular weight excluding hydrogens is 281 g/mol. The zero-order chi connectivity index (χ0) is 15.0. The van der Waals surface area contributed by atoms with Crippen LogP contribution in [0.2, 0.25) is 0 Å². The summed E-state index contributed by atoms with van der Waals surface area (Å²) in [6.07, 6.45) is -2.82. The second kappa shape index (κ2) is 4.73. The summed E-state index contributed by atoms with van der Waals surface area (Å²) >= 11 is 0. The molecular formula is C15H9F3N2O. The Labute approximate surface area is 117 Å². The molecule has 3 aromatic rings. The molecule has 6 heteroatoms. The number of fused-ring (bicyclic) bond motifs is 1. The minimum absolute atomic E-state index is 0.0181. The normalized spacial score (nSPS) is 11.8. The average Bonchev–Trinajstić information content (AvgIpc) is 2.89. The van der Waals surface area contributed by atoms with Crippen LogP contribution in [0.5, 0.6) is 0 Å². The van der Waals surface area contributed by atoms with Crippen molar-refractivity contribution in [1.82, 2.24) is 9.55 Å². The number of rotatable bonds is 2. The quantitative estimate of drug-likeness (QED) is 0.672. The third kappa shape index (κ3) is 2.29. The lowest BCUT2D eigenvalue weighted by Crippen LogP contribution is -2.11. The van der Waals surface area contributed by atoms with E-state index in [1.165, 1.54) is 23.0 Å². The minimum Gasteiger partial charge on any atom is -0.298 e. The van der Waals surface area contributed by atoms with Crippen LogP contribution in [0.25, 0.3) is 16.7 Å². The van der Waals surface area contributed by atoms with Crippen molar-refractivity contribution in [1.29, 1.82) is 0 Å². The van der Waals surface area contributed by atoms with Gasteiger partial charge in [0.25, 0.3) is 0 Å². The van der Waals surface area contributed by atoms with Crippen LogP contribution in [0, 0.1) is 0 Å². The Hall–Kier alpha value is -2.63. The van der Waals surface area contributed by atoms with E-state index in [2.05, 4.69) is 4.98 Å². The summed E-state index contributed by atoms with van der Waals surface area (Å²) in [5.74, 6) is 0. The van der Waals surface area contributed by atoms with Gasteiger partial charge in [0.05, 0.1) is 22.3 Å². The molecule has 0 saturated carbocycles. The van der Waals surface area contributed by atoms with Gasteiger partial charge in [0.1, 0.15) is 12.6 Å². The Morgan fingerprint density at radius 1 is 1.10 bits per heavy atom. The number of aromatic nitrogens is 2. The number of imidazole rings is 1. The molecule has 3 nitrogen and oxygen atoms in total. The van der Waals surface area contributed by atoms with Gasteiger partial charge in [-0.1, -0.05) is 12.1 Å². The van der Waals surface area contributed by atoms with Crippen molar-refractivity contribution in [3.8, 4) is 5.69 Å². The number of carbonyl (C=O) groups is 1.